The fraction of sp³-hybridized carbons (Fsp3) is 0.263. The van der Waals surface area contributed by atoms with Gasteiger partial charge in [-0.15, -0.1) is 0 Å². The van der Waals surface area contributed by atoms with Gasteiger partial charge in [0.2, 0.25) is 0 Å². The average molecular weight is 374 g/mol. The minimum absolute atomic E-state index is 0.131. The summed E-state index contributed by atoms with van der Waals surface area (Å²) in [5.74, 6) is 1.31. The zero-order valence-electron chi connectivity index (χ0n) is 14.6. The second kappa shape index (κ2) is 8.23. The van der Waals surface area contributed by atoms with Crippen LogP contribution in [0.15, 0.2) is 47.5 Å². The van der Waals surface area contributed by atoms with Crippen molar-refractivity contribution in [1.29, 1.82) is 0 Å². The molecule has 0 unspecified atom stereocenters. The zero-order valence-corrected chi connectivity index (χ0v) is 15.4. The molecule has 0 atom stereocenters. The van der Waals surface area contributed by atoms with Gasteiger partial charge in [-0.2, -0.15) is 0 Å². The number of carbonyl (C=O) groups is 1. The van der Waals surface area contributed by atoms with Crippen molar-refractivity contribution in [2.45, 2.75) is 5.75 Å². The maximum absolute atomic E-state index is 13.0. The van der Waals surface area contributed by atoms with Gasteiger partial charge in [0, 0.05) is 17.9 Å². The number of halogens is 1. The number of aliphatic imine (C=N–C) groups is 1. The molecule has 0 aromatic heterocycles. The minimum Gasteiger partial charge on any atom is -0.493 e. The Morgan fingerprint density at radius 1 is 1.15 bits per heavy atom. The molecular formula is C19H19FN2O3S. The molecule has 0 saturated heterocycles. The normalized spacial score (nSPS) is 13.5. The van der Waals surface area contributed by atoms with Gasteiger partial charge in [0.15, 0.2) is 16.7 Å². The van der Waals surface area contributed by atoms with E-state index in [1.54, 1.807) is 42.3 Å². The van der Waals surface area contributed by atoms with Crippen molar-refractivity contribution in [3.05, 3.63) is 59.4 Å². The van der Waals surface area contributed by atoms with Gasteiger partial charge in [-0.1, -0.05) is 23.9 Å². The van der Waals surface area contributed by atoms with Crippen molar-refractivity contribution in [3.63, 3.8) is 0 Å². The van der Waals surface area contributed by atoms with Gasteiger partial charge in [0.25, 0.3) is 5.91 Å². The van der Waals surface area contributed by atoms with Crippen molar-refractivity contribution in [1.82, 2.24) is 4.90 Å². The molecule has 0 N–H and O–H groups in total. The van der Waals surface area contributed by atoms with Crippen LogP contribution < -0.4 is 9.47 Å². The van der Waals surface area contributed by atoms with Gasteiger partial charge in [-0.3, -0.25) is 14.7 Å². The van der Waals surface area contributed by atoms with E-state index in [1.165, 1.54) is 31.0 Å². The fourth-order valence-electron chi connectivity index (χ4n) is 2.59. The molecular weight excluding hydrogens is 355 g/mol. The molecule has 7 heteroatoms. The van der Waals surface area contributed by atoms with E-state index in [2.05, 4.69) is 4.99 Å². The van der Waals surface area contributed by atoms with E-state index >= 15 is 0 Å². The Morgan fingerprint density at radius 2 is 1.88 bits per heavy atom. The van der Waals surface area contributed by atoms with Crippen LogP contribution in [0.1, 0.15) is 15.9 Å². The van der Waals surface area contributed by atoms with E-state index in [0.29, 0.717) is 41.1 Å². The number of thioether (sulfide) groups is 1. The highest BCUT2D eigenvalue weighted by Gasteiger charge is 2.26. The molecule has 3 rings (SSSR count). The molecule has 26 heavy (non-hydrogen) atoms. The lowest BCUT2D eigenvalue weighted by Gasteiger charge is -2.18. The van der Waals surface area contributed by atoms with E-state index in [1.807, 2.05) is 0 Å². The van der Waals surface area contributed by atoms with Crippen molar-refractivity contribution in [3.8, 4) is 11.5 Å². The first-order valence-corrected chi connectivity index (χ1v) is 9.06. The van der Waals surface area contributed by atoms with Crippen LogP contribution in [0.4, 0.5) is 4.39 Å². The van der Waals surface area contributed by atoms with Crippen molar-refractivity contribution >= 4 is 22.8 Å². The van der Waals surface area contributed by atoms with Crippen molar-refractivity contribution < 1.29 is 18.7 Å². The number of methoxy groups -OCH3 is 2. The summed E-state index contributed by atoms with van der Waals surface area (Å²) in [7, 11) is 3.09. The topological polar surface area (TPSA) is 51.1 Å². The predicted octanol–water partition coefficient (Wildman–Crippen LogP) is 3.59. The van der Waals surface area contributed by atoms with Crippen LogP contribution in [0.2, 0.25) is 0 Å². The number of benzene rings is 2. The van der Waals surface area contributed by atoms with Crippen LogP contribution in [0, 0.1) is 5.82 Å². The molecule has 0 spiro atoms. The predicted molar refractivity (Wildman–Crippen MR) is 101 cm³/mol. The maximum Gasteiger partial charge on any atom is 0.260 e. The van der Waals surface area contributed by atoms with Crippen LogP contribution >= 0.6 is 11.8 Å². The van der Waals surface area contributed by atoms with Gasteiger partial charge in [-0.05, 0) is 35.9 Å². The van der Waals surface area contributed by atoms with Gasteiger partial charge >= 0.3 is 0 Å². The Balaban J connectivity index is 1.70. The van der Waals surface area contributed by atoms with E-state index < -0.39 is 0 Å². The quantitative estimate of drug-likeness (QED) is 0.803. The smallest absolute Gasteiger partial charge is 0.260 e. The molecule has 1 heterocycles. The first-order valence-electron chi connectivity index (χ1n) is 8.08. The number of nitrogens with zero attached hydrogens (tertiary/aromatic N) is 2. The monoisotopic (exact) mass is 374 g/mol. The van der Waals surface area contributed by atoms with Gasteiger partial charge in [0.1, 0.15) is 5.82 Å². The molecule has 2 aromatic rings. The second-order valence-corrected chi connectivity index (χ2v) is 6.55. The molecule has 5 nitrogen and oxygen atoms in total. The minimum atomic E-state index is -0.262. The van der Waals surface area contributed by atoms with Gasteiger partial charge in [-0.25, -0.2) is 4.39 Å². The Hall–Kier alpha value is -2.54. The zero-order chi connectivity index (χ0) is 18.5. The third kappa shape index (κ3) is 3.99. The number of carbonyl (C=O) groups excluding carboxylic acids is 1. The van der Waals surface area contributed by atoms with Crippen molar-refractivity contribution in [2.24, 2.45) is 4.99 Å². The number of ether oxygens (including phenoxy) is 2. The molecule has 0 saturated carbocycles. The standard InChI is InChI=1S/C19H19FN2O3S/c1-24-16-8-5-14(11-17(16)25-2)18(23)22-10-9-21-19(22)26-12-13-3-6-15(20)7-4-13/h3-8,11H,9-10,12H2,1-2H3. The summed E-state index contributed by atoms with van der Waals surface area (Å²) < 4.78 is 23.5. The van der Waals surface area contributed by atoms with Gasteiger partial charge in [0.05, 0.1) is 20.8 Å². The highest BCUT2D eigenvalue weighted by Crippen LogP contribution is 2.29. The van der Waals surface area contributed by atoms with Crippen LogP contribution in [0.3, 0.4) is 0 Å². The summed E-state index contributed by atoms with van der Waals surface area (Å²) in [6.45, 7) is 1.11. The molecule has 0 bridgehead atoms. The fourth-order valence-corrected chi connectivity index (χ4v) is 3.59. The van der Waals surface area contributed by atoms with E-state index in [0.717, 1.165) is 5.56 Å². The number of hydrogen-bond donors (Lipinski definition) is 0. The van der Waals surface area contributed by atoms with E-state index in [4.69, 9.17) is 9.47 Å². The summed E-state index contributed by atoms with van der Waals surface area (Å²) >= 11 is 1.47. The summed E-state index contributed by atoms with van der Waals surface area (Å²) in [5, 5.41) is 0.675. The molecule has 2 aromatic carbocycles. The first kappa shape index (κ1) is 18.3. The number of amides is 1. The molecule has 1 aliphatic heterocycles. The summed E-state index contributed by atoms with van der Waals surface area (Å²) in [6.07, 6.45) is 0. The highest BCUT2D eigenvalue weighted by molar-refractivity contribution is 8.13. The summed E-state index contributed by atoms with van der Waals surface area (Å²) in [5.41, 5.74) is 1.49. The number of rotatable bonds is 5. The number of hydrogen-bond acceptors (Lipinski definition) is 5. The molecule has 0 aliphatic carbocycles. The second-order valence-electron chi connectivity index (χ2n) is 5.61. The van der Waals surface area contributed by atoms with E-state index in [9.17, 15) is 9.18 Å². The Bertz CT molecular complexity index is 824. The Morgan fingerprint density at radius 3 is 2.58 bits per heavy atom. The third-order valence-electron chi connectivity index (χ3n) is 3.96. The third-order valence-corrected chi connectivity index (χ3v) is 5.04. The van der Waals surface area contributed by atoms with Crippen LogP contribution in [0.25, 0.3) is 0 Å². The molecule has 0 radical (unpaired) electrons. The van der Waals surface area contributed by atoms with Gasteiger partial charge < -0.3 is 9.47 Å². The molecule has 136 valence electrons. The van der Waals surface area contributed by atoms with Crippen LogP contribution in [-0.4, -0.2) is 43.3 Å². The number of amidine groups is 1. The Kier molecular flexibility index (Phi) is 5.78. The van der Waals surface area contributed by atoms with Crippen LogP contribution in [-0.2, 0) is 5.75 Å². The first-order chi connectivity index (χ1) is 12.6. The average Bonchev–Trinajstić information content (AvgIpc) is 3.15. The Labute approximate surface area is 155 Å². The largest absolute Gasteiger partial charge is 0.493 e. The lowest BCUT2D eigenvalue weighted by atomic mass is 10.2. The summed E-state index contributed by atoms with van der Waals surface area (Å²) in [4.78, 5) is 19.0. The molecule has 1 amide bonds. The lowest BCUT2D eigenvalue weighted by Crippen LogP contribution is -2.32. The van der Waals surface area contributed by atoms with Crippen LogP contribution in [0.5, 0.6) is 11.5 Å². The molecule has 1 aliphatic rings. The maximum atomic E-state index is 13.0. The van der Waals surface area contributed by atoms with Crippen molar-refractivity contribution in [2.75, 3.05) is 27.3 Å². The highest BCUT2D eigenvalue weighted by atomic mass is 32.2. The molecule has 0 fully saturated rings. The lowest BCUT2D eigenvalue weighted by molar-refractivity contribution is 0.0860. The summed E-state index contributed by atoms with van der Waals surface area (Å²) in [6, 6.07) is 11.4. The SMILES string of the molecule is COc1ccc(C(=O)N2CCN=C2SCc2ccc(F)cc2)cc1OC. The van der Waals surface area contributed by atoms with E-state index in [-0.39, 0.29) is 11.7 Å².